The number of carboxylic acid groups (broad SMARTS) is 2. The average Bonchev–Trinajstić information content (AvgIpc) is 0.811. The minimum absolute atomic E-state index is 0. The molecule has 0 saturated carbocycles. The largest absolute Gasteiger partial charge is 0 e. The maximum absolute atomic E-state index is 8.56. The van der Waals surface area contributed by atoms with Gasteiger partial charge in [-0.2, -0.15) is 0 Å². The van der Waals surface area contributed by atoms with Gasteiger partial charge in [-0.3, -0.25) is 0 Å². The zero-order valence-electron chi connectivity index (χ0n) is 2.12. The van der Waals surface area contributed by atoms with Crippen molar-refractivity contribution in [1.82, 2.24) is 0 Å². The Balaban J connectivity index is -0.0000000450. The van der Waals surface area contributed by atoms with Crippen LogP contribution in [0.2, 0.25) is 0 Å². The Morgan fingerprint density at radius 3 is 1.33 bits per heavy atom. The molecule has 0 fully saturated rings. The molecular weight excluding hydrogens is 142 g/mol. The normalized spacial score (nSPS) is 4.00. The van der Waals surface area contributed by atoms with Crippen LogP contribution in [0, 0.1) is 0 Å². The van der Waals surface area contributed by atoms with E-state index in [1.807, 2.05) is 0 Å². The standard InChI is InChI=1S/CH2O3.Na.Ni.H/c2-1(3)4;;;/h(H2,2,3,4);;;. The first-order valence-corrected chi connectivity index (χ1v) is 0.651. The maximum atomic E-state index is 8.56. The molecule has 0 aliphatic carbocycles. The van der Waals surface area contributed by atoms with Crippen molar-refractivity contribution in [1.29, 1.82) is 0 Å². The number of hydrogen-bond acceptors (Lipinski definition) is 1. The Bertz CT molecular complexity index is 33.8. The fourth-order valence-corrected chi connectivity index (χ4v) is 0. The smallest absolute Gasteiger partial charge is 0 e. The molecule has 0 radical (unpaired) electrons. The number of carbonyl (C=O) groups is 1. The van der Waals surface area contributed by atoms with Crippen molar-refractivity contribution in [2.24, 2.45) is 0 Å². The van der Waals surface area contributed by atoms with Crippen molar-refractivity contribution < 1.29 is 31.5 Å². The molecule has 0 atom stereocenters. The van der Waals surface area contributed by atoms with Crippen LogP contribution in [0.5, 0.6) is 0 Å². The monoisotopic (exact) mass is 144 g/mol. The van der Waals surface area contributed by atoms with Crippen LogP contribution in [0.3, 0.4) is 0 Å². The summed E-state index contributed by atoms with van der Waals surface area (Å²) in [5, 5.41) is 13.9. The predicted octanol–water partition coefficient (Wildman–Crippen LogP) is -0.429. The average molecular weight is 145 g/mol. The van der Waals surface area contributed by atoms with Gasteiger partial charge in [0.1, 0.15) is 0 Å². The fourth-order valence-electron chi connectivity index (χ4n) is 0. The van der Waals surface area contributed by atoms with Crippen LogP contribution >= 0.6 is 0 Å². The zero-order chi connectivity index (χ0) is 3.58. The van der Waals surface area contributed by atoms with E-state index in [9.17, 15) is 0 Å². The first-order valence-electron chi connectivity index (χ1n) is 0.651. The van der Waals surface area contributed by atoms with Crippen molar-refractivity contribution in [2.75, 3.05) is 0 Å². The van der Waals surface area contributed by atoms with Crippen LogP contribution < -0.4 is 0 Å². The third kappa shape index (κ3) is 116. The van der Waals surface area contributed by atoms with E-state index in [2.05, 4.69) is 0 Å². The molecule has 0 bridgehead atoms. The molecule has 0 aromatic heterocycles. The van der Waals surface area contributed by atoms with Crippen molar-refractivity contribution in [3.8, 4) is 0 Å². The molecular formula is CH3NaNiO3. The van der Waals surface area contributed by atoms with E-state index < -0.39 is 6.16 Å². The fraction of sp³-hybridized carbons (Fsp3) is 0. The first-order chi connectivity index (χ1) is 1.73. The molecule has 0 aromatic rings. The summed E-state index contributed by atoms with van der Waals surface area (Å²) in [5.74, 6) is 0. The van der Waals surface area contributed by atoms with Gasteiger partial charge in [-0.05, 0) is 0 Å². The van der Waals surface area contributed by atoms with Gasteiger partial charge >= 0.3 is 35.7 Å². The van der Waals surface area contributed by atoms with Gasteiger partial charge in [-0.1, -0.05) is 0 Å². The molecule has 3 nitrogen and oxygen atoms in total. The summed E-state index contributed by atoms with van der Waals surface area (Å²) in [6, 6.07) is 0. The maximum Gasteiger partial charge on any atom is 0 e. The van der Waals surface area contributed by atoms with E-state index in [0.717, 1.165) is 0 Å². The molecule has 0 saturated heterocycles. The summed E-state index contributed by atoms with van der Waals surface area (Å²) in [6.45, 7) is 0. The second-order valence-corrected chi connectivity index (χ2v) is 0.283. The Hall–Kier alpha value is 0.764. The van der Waals surface area contributed by atoms with E-state index in [1.54, 1.807) is 0 Å². The van der Waals surface area contributed by atoms with Gasteiger partial charge in [-0.15, -0.1) is 0 Å². The topological polar surface area (TPSA) is 57.5 Å². The molecule has 6 heavy (non-hydrogen) atoms. The Morgan fingerprint density at radius 2 is 1.33 bits per heavy atom. The van der Waals surface area contributed by atoms with E-state index in [0.29, 0.717) is 0 Å². The molecule has 0 aliphatic rings. The third-order valence-electron chi connectivity index (χ3n) is 0. The third-order valence-corrected chi connectivity index (χ3v) is 0. The zero-order valence-corrected chi connectivity index (χ0v) is 3.11. The van der Waals surface area contributed by atoms with Gasteiger partial charge in [0.25, 0.3) is 0 Å². The number of hydrogen-bond donors (Lipinski definition) is 2. The van der Waals surface area contributed by atoms with Crippen LogP contribution in [0.4, 0.5) is 4.79 Å². The Kier molecular flexibility index (Phi) is 24.4. The van der Waals surface area contributed by atoms with Crippen LogP contribution in [0.15, 0.2) is 0 Å². The minimum atomic E-state index is -1.83. The SMILES string of the molecule is O=C(O)O.[NaH].[Ni]. The minimum Gasteiger partial charge on any atom is 0 e. The molecule has 5 heteroatoms. The van der Waals surface area contributed by atoms with Gasteiger partial charge in [0.2, 0.25) is 0 Å². The first kappa shape index (κ1) is 15.9. The number of rotatable bonds is 0. The summed E-state index contributed by atoms with van der Waals surface area (Å²) in [7, 11) is 0. The second kappa shape index (κ2) is 9.23. The molecule has 0 spiro atoms. The molecule has 2 N–H and O–H groups in total. The summed E-state index contributed by atoms with van der Waals surface area (Å²) in [5.41, 5.74) is 0. The van der Waals surface area contributed by atoms with Gasteiger partial charge in [0, 0.05) is 16.5 Å². The van der Waals surface area contributed by atoms with Gasteiger partial charge < -0.3 is 10.2 Å². The molecule has 36 valence electrons. The van der Waals surface area contributed by atoms with Crippen LogP contribution in [-0.2, 0) is 16.5 Å². The molecule has 0 aromatic carbocycles. The van der Waals surface area contributed by atoms with E-state index >= 15 is 0 Å². The Labute approximate surface area is 66.9 Å². The quantitative estimate of drug-likeness (QED) is 0.454. The predicted molar refractivity (Wildman–Crippen MR) is 17.8 cm³/mol. The Morgan fingerprint density at radius 1 is 1.33 bits per heavy atom. The van der Waals surface area contributed by atoms with E-state index in [4.69, 9.17) is 15.0 Å². The van der Waals surface area contributed by atoms with Gasteiger partial charge in [-0.25, -0.2) is 4.79 Å². The van der Waals surface area contributed by atoms with Crippen LogP contribution in [-0.4, -0.2) is 45.9 Å². The van der Waals surface area contributed by atoms with Crippen LogP contribution in [0.25, 0.3) is 0 Å². The van der Waals surface area contributed by atoms with Crippen molar-refractivity contribution in [2.45, 2.75) is 0 Å². The summed E-state index contributed by atoms with van der Waals surface area (Å²) >= 11 is 0. The summed E-state index contributed by atoms with van der Waals surface area (Å²) in [4.78, 5) is 8.56. The van der Waals surface area contributed by atoms with Crippen LogP contribution in [0.1, 0.15) is 0 Å². The second-order valence-electron chi connectivity index (χ2n) is 0.283. The molecule has 0 unspecified atom stereocenters. The summed E-state index contributed by atoms with van der Waals surface area (Å²) < 4.78 is 0. The van der Waals surface area contributed by atoms with Gasteiger partial charge in [0.05, 0.1) is 0 Å². The van der Waals surface area contributed by atoms with Gasteiger partial charge in [0.15, 0.2) is 0 Å². The summed E-state index contributed by atoms with van der Waals surface area (Å²) in [6.07, 6.45) is -1.83. The molecule has 0 amide bonds. The van der Waals surface area contributed by atoms with Crippen molar-refractivity contribution >= 4 is 35.7 Å². The van der Waals surface area contributed by atoms with E-state index in [1.165, 1.54) is 0 Å². The molecule has 0 heterocycles. The molecule has 0 rings (SSSR count). The van der Waals surface area contributed by atoms with E-state index in [-0.39, 0.29) is 46.0 Å². The molecule has 0 aliphatic heterocycles. The van der Waals surface area contributed by atoms with Crippen molar-refractivity contribution in [3.63, 3.8) is 0 Å². The van der Waals surface area contributed by atoms with Crippen molar-refractivity contribution in [3.05, 3.63) is 0 Å².